The molecule has 0 radical (unpaired) electrons. The fourth-order valence-electron chi connectivity index (χ4n) is 3.14. The molecule has 0 unspecified atom stereocenters. The third-order valence-corrected chi connectivity index (χ3v) is 4.30. The van der Waals surface area contributed by atoms with Crippen molar-refractivity contribution in [3.8, 4) is 0 Å². The Balaban J connectivity index is 2.06. The van der Waals surface area contributed by atoms with Crippen molar-refractivity contribution >= 4 is 11.8 Å². The molecule has 0 aliphatic carbocycles. The second-order valence-electron chi connectivity index (χ2n) is 5.91. The van der Waals surface area contributed by atoms with Gasteiger partial charge in [-0.15, -0.1) is 0 Å². The third kappa shape index (κ3) is 4.18. The van der Waals surface area contributed by atoms with Crippen LogP contribution in [-0.2, 0) is 19.1 Å². The van der Waals surface area contributed by atoms with Crippen molar-refractivity contribution < 1.29 is 24.2 Å². The highest BCUT2D eigenvalue weighted by molar-refractivity contribution is 5.76. The molecule has 0 aromatic heterocycles. The van der Waals surface area contributed by atoms with E-state index in [1.54, 1.807) is 11.9 Å². The summed E-state index contributed by atoms with van der Waals surface area (Å²) in [7, 11) is 1.61. The molecule has 126 valence electrons. The minimum atomic E-state index is -0.667. The molecule has 0 spiro atoms. The fraction of sp³-hybridized carbons (Fsp3) is 0.867. The first-order valence-corrected chi connectivity index (χ1v) is 7.96. The lowest BCUT2D eigenvalue weighted by Crippen LogP contribution is -2.57. The van der Waals surface area contributed by atoms with Crippen LogP contribution in [0, 0.1) is 0 Å². The minimum Gasteiger partial charge on any atom is -0.389 e. The van der Waals surface area contributed by atoms with Gasteiger partial charge >= 0.3 is 0 Å². The topological polar surface area (TPSA) is 88.1 Å². The fourth-order valence-corrected chi connectivity index (χ4v) is 3.14. The number of hydrogen-bond acceptors (Lipinski definition) is 5. The van der Waals surface area contributed by atoms with E-state index in [2.05, 4.69) is 5.32 Å². The number of hydrogen-bond donors (Lipinski definition) is 2. The number of β-amino-alcohol motifs (C(OH)–C–C–N with tert-alkyl or cyclic N) is 1. The number of carbonyl (C=O) groups excluding carboxylic acids is 2. The van der Waals surface area contributed by atoms with Crippen LogP contribution in [0.4, 0.5) is 0 Å². The predicted octanol–water partition coefficient (Wildman–Crippen LogP) is -0.332. The van der Waals surface area contributed by atoms with Crippen LogP contribution in [0.15, 0.2) is 0 Å². The lowest BCUT2D eigenvalue weighted by Gasteiger charge is -2.44. The Hall–Kier alpha value is -1.18. The molecule has 2 N–H and O–H groups in total. The van der Waals surface area contributed by atoms with Gasteiger partial charge in [0.25, 0.3) is 0 Å². The molecule has 4 atom stereocenters. The summed E-state index contributed by atoms with van der Waals surface area (Å²) in [6, 6.07) is -0.0941. The first-order chi connectivity index (χ1) is 10.5. The third-order valence-electron chi connectivity index (χ3n) is 4.30. The predicted molar refractivity (Wildman–Crippen MR) is 79.2 cm³/mol. The summed E-state index contributed by atoms with van der Waals surface area (Å²) >= 11 is 0. The number of nitrogens with zero attached hydrogens (tertiary/aromatic N) is 1. The summed E-state index contributed by atoms with van der Waals surface area (Å²) in [4.78, 5) is 25.4. The van der Waals surface area contributed by atoms with Crippen molar-refractivity contribution in [2.75, 3.05) is 26.8 Å². The highest BCUT2D eigenvalue weighted by atomic mass is 16.5. The molecule has 2 amide bonds. The minimum absolute atomic E-state index is 0.0179. The van der Waals surface area contributed by atoms with Crippen molar-refractivity contribution in [3.05, 3.63) is 0 Å². The zero-order chi connectivity index (χ0) is 16.1. The number of aliphatic hydroxyl groups is 1. The van der Waals surface area contributed by atoms with Crippen LogP contribution < -0.4 is 5.32 Å². The molecule has 2 aliphatic heterocycles. The van der Waals surface area contributed by atoms with Gasteiger partial charge in [-0.3, -0.25) is 9.59 Å². The second-order valence-corrected chi connectivity index (χ2v) is 5.91. The van der Waals surface area contributed by atoms with Crippen LogP contribution >= 0.6 is 0 Å². The van der Waals surface area contributed by atoms with Crippen LogP contribution in [0.25, 0.3) is 0 Å². The number of fused-ring (bicyclic) bond motifs is 1. The molecule has 7 nitrogen and oxygen atoms in total. The van der Waals surface area contributed by atoms with Gasteiger partial charge < -0.3 is 24.8 Å². The highest BCUT2D eigenvalue weighted by Crippen LogP contribution is 2.28. The van der Waals surface area contributed by atoms with Gasteiger partial charge in [-0.2, -0.15) is 0 Å². The van der Waals surface area contributed by atoms with Gasteiger partial charge in [0, 0.05) is 20.0 Å². The summed E-state index contributed by atoms with van der Waals surface area (Å²) in [6.45, 7) is 2.62. The maximum absolute atomic E-state index is 12.2. The molecular formula is C15H26N2O5. The normalized spacial score (nSPS) is 32.6. The van der Waals surface area contributed by atoms with Crippen molar-refractivity contribution in [1.82, 2.24) is 10.2 Å². The van der Waals surface area contributed by atoms with Crippen LogP contribution in [0.3, 0.4) is 0 Å². The monoisotopic (exact) mass is 314 g/mol. The van der Waals surface area contributed by atoms with E-state index in [-0.39, 0.29) is 43.2 Å². The van der Waals surface area contributed by atoms with Crippen LogP contribution in [0.5, 0.6) is 0 Å². The van der Waals surface area contributed by atoms with E-state index < -0.39 is 6.10 Å². The van der Waals surface area contributed by atoms with Crippen molar-refractivity contribution in [2.45, 2.75) is 57.0 Å². The summed E-state index contributed by atoms with van der Waals surface area (Å²) in [5.74, 6) is -0.0311. The van der Waals surface area contributed by atoms with Gasteiger partial charge in [0.05, 0.1) is 37.9 Å². The van der Waals surface area contributed by atoms with Gasteiger partial charge in [-0.05, 0) is 12.8 Å². The smallest absolute Gasteiger partial charge is 0.222 e. The van der Waals surface area contributed by atoms with Gasteiger partial charge in [-0.1, -0.05) is 6.92 Å². The van der Waals surface area contributed by atoms with Crippen LogP contribution in [0.1, 0.15) is 32.6 Å². The van der Waals surface area contributed by atoms with Crippen molar-refractivity contribution in [3.63, 3.8) is 0 Å². The molecule has 7 heteroatoms. The Kier molecular flexibility index (Phi) is 6.16. The molecule has 0 aromatic rings. The number of ether oxygens (including phenoxy) is 2. The van der Waals surface area contributed by atoms with Crippen molar-refractivity contribution in [2.24, 2.45) is 0 Å². The Labute approximate surface area is 130 Å². The van der Waals surface area contributed by atoms with E-state index in [1.165, 1.54) is 0 Å². The molecule has 2 saturated heterocycles. The molecule has 2 heterocycles. The van der Waals surface area contributed by atoms with E-state index in [9.17, 15) is 14.7 Å². The molecule has 0 bridgehead atoms. The maximum Gasteiger partial charge on any atom is 0.222 e. The maximum atomic E-state index is 12.2. The van der Waals surface area contributed by atoms with Gasteiger partial charge in [0.15, 0.2) is 0 Å². The molecule has 2 rings (SSSR count). The number of nitrogens with one attached hydrogen (secondary N) is 1. The number of rotatable bonds is 3. The standard InChI is InChI=1S/C15H26N2O5/c1-3-15(20)17-7-10(18)8-21-9-13-12(17)5-4-11(22-13)6-14(19)16-2/h10-13,18H,3-9H2,1-2H3,(H,16,19)/t10-,11-,12-,13+/m1/s1. The van der Waals surface area contributed by atoms with Gasteiger partial charge in [-0.25, -0.2) is 0 Å². The molecule has 0 aromatic carbocycles. The van der Waals surface area contributed by atoms with E-state index >= 15 is 0 Å². The molecule has 2 fully saturated rings. The second kappa shape index (κ2) is 7.89. The average molecular weight is 314 g/mol. The summed E-state index contributed by atoms with van der Waals surface area (Å²) < 4.78 is 11.5. The van der Waals surface area contributed by atoms with Gasteiger partial charge in [0.1, 0.15) is 6.10 Å². The SMILES string of the molecule is CCC(=O)N1C[C@@H](O)COC[C@@H]2O[C@@H](CC(=O)NC)CC[C@H]21. The Bertz CT molecular complexity index is 403. The summed E-state index contributed by atoms with van der Waals surface area (Å²) in [5.41, 5.74) is 0. The van der Waals surface area contributed by atoms with E-state index in [0.717, 1.165) is 12.8 Å². The van der Waals surface area contributed by atoms with E-state index in [4.69, 9.17) is 9.47 Å². The van der Waals surface area contributed by atoms with Gasteiger partial charge in [0.2, 0.25) is 11.8 Å². The Morgan fingerprint density at radius 3 is 2.77 bits per heavy atom. The molecular weight excluding hydrogens is 288 g/mol. The largest absolute Gasteiger partial charge is 0.389 e. The van der Waals surface area contributed by atoms with E-state index in [0.29, 0.717) is 19.4 Å². The van der Waals surface area contributed by atoms with Crippen LogP contribution in [-0.4, -0.2) is 73.0 Å². The number of amides is 2. The zero-order valence-electron chi connectivity index (χ0n) is 13.3. The quantitative estimate of drug-likeness (QED) is 0.745. The lowest BCUT2D eigenvalue weighted by atomic mass is 9.94. The van der Waals surface area contributed by atoms with E-state index in [1.807, 2.05) is 6.92 Å². The molecule has 2 aliphatic rings. The number of carbonyl (C=O) groups is 2. The lowest BCUT2D eigenvalue weighted by molar-refractivity contribution is -0.169. The highest BCUT2D eigenvalue weighted by Gasteiger charge is 2.39. The van der Waals surface area contributed by atoms with Crippen LogP contribution in [0.2, 0.25) is 0 Å². The summed E-state index contributed by atoms with van der Waals surface area (Å²) in [6.07, 6.45) is 1.15. The molecule has 22 heavy (non-hydrogen) atoms. The Morgan fingerprint density at radius 1 is 1.32 bits per heavy atom. The molecule has 0 saturated carbocycles. The number of aliphatic hydroxyl groups excluding tert-OH is 1. The van der Waals surface area contributed by atoms with Crippen molar-refractivity contribution in [1.29, 1.82) is 0 Å². The average Bonchev–Trinajstić information content (AvgIpc) is 2.50. The first-order valence-electron chi connectivity index (χ1n) is 7.96. The first kappa shape index (κ1) is 17.2. The Morgan fingerprint density at radius 2 is 2.09 bits per heavy atom. The summed E-state index contributed by atoms with van der Waals surface area (Å²) in [5, 5.41) is 12.5. The zero-order valence-corrected chi connectivity index (χ0v) is 13.3.